The maximum absolute atomic E-state index is 12.2. The fraction of sp³-hybridized carbons (Fsp3) is 0.0588. The zero-order chi connectivity index (χ0) is 19.4. The van der Waals surface area contributed by atoms with Gasteiger partial charge < -0.3 is 15.1 Å². The van der Waals surface area contributed by atoms with Crippen molar-refractivity contribution < 1.29 is 14.0 Å². The number of furan rings is 1. The van der Waals surface area contributed by atoms with E-state index in [4.69, 9.17) is 16.0 Å². The molecule has 3 rings (SSSR count). The SMILES string of the molecule is O=C(Cn1ccc(=O)[nH]c1=O)Nc1ccc(Cl)cc1NC(=O)c1ccco1. The lowest BCUT2D eigenvalue weighted by molar-refractivity contribution is -0.116. The summed E-state index contributed by atoms with van der Waals surface area (Å²) in [7, 11) is 0. The molecule has 1 aromatic carbocycles. The van der Waals surface area contributed by atoms with Crippen LogP contribution in [0.1, 0.15) is 10.6 Å². The molecular weight excluding hydrogens is 376 g/mol. The Balaban J connectivity index is 1.78. The van der Waals surface area contributed by atoms with E-state index in [0.29, 0.717) is 5.02 Å². The molecule has 10 heteroatoms. The summed E-state index contributed by atoms with van der Waals surface area (Å²) in [5.41, 5.74) is -0.731. The van der Waals surface area contributed by atoms with Gasteiger partial charge in [0.1, 0.15) is 6.54 Å². The number of carbonyl (C=O) groups is 2. The summed E-state index contributed by atoms with van der Waals surface area (Å²) in [6.07, 6.45) is 2.57. The summed E-state index contributed by atoms with van der Waals surface area (Å²) < 4.78 is 6.06. The second-order valence-corrected chi connectivity index (χ2v) is 5.84. The molecule has 0 aliphatic rings. The number of anilines is 2. The van der Waals surface area contributed by atoms with Crippen molar-refractivity contribution in [3.8, 4) is 0 Å². The first-order valence-electron chi connectivity index (χ1n) is 7.66. The molecule has 0 atom stereocenters. The average molecular weight is 389 g/mol. The molecule has 2 aromatic heterocycles. The lowest BCUT2D eigenvalue weighted by Gasteiger charge is -2.13. The summed E-state index contributed by atoms with van der Waals surface area (Å²) in [6.45, 7) is -0.330. The first kappa shape index (κ1) is 18.2. The van der Waals surface area contributed by atoms with E-state index >= 15 is 0 Å². The molecule has 0 spiro atoms. The molecule has 0 radical (unpaired) electrons. The normalized spacial score (nSPS) is 10.4. The van der Waals surface area contributed by atoms with Crippen LogP contribution in [-0.2, 0) is 11.3 Å². The molecular formula is C17H13ClN4O5. The molecule has 0 aliphatic carbocycles. The zero-order valence-electron chi connectivity index (χ0n) is 13.7. The van der Waals surface area contributed by atoms with Gasteiger partial charge in [-0.25, -0.2) is 4.79 Å². The number of nitrogens with zero attached hydrogens (tertiary/aromatic N) is 1. The van der Waals surface area contributed by atoms with E-state index in [1.807, 2.05) is 0 Å². The molecule has 2 amide bonds. The van der Waals surface area contributed by atoms with Gasteiger partial charge in [0.2, 0.25) is 5.91 Å². The highest BCUT2D eigenvalue weighted by Gasteiger charge is 2.14. The number of hydrogen-bond acceptors (Lipinski definition) is 5. The molecule has 9 nitrogen and oxygen atoms in total. The molecule has 0 aliphatic heterocycles. The van der Waals surface area contributed by atoms with Gasteiger partial charge in [0, 0.05) is 17.3 Å². The van der Waals surface area contributed by atoms with Crippen LogP contribution in [0.2, 0.25) is 5.02 Å². The van der Waals surface area contributed by atoms with E-state index in [0.717, 1.165) is 10.6 Å². The molecule has 0 fully saturated rings. The second-order valence-electron chi connectivity index (χ2n) is 5.41. The Labute approximate surface area is 156 Å². The summed E-state index contributed by atoms with van der Waals surface area (Å²) in [6, 6.07) is 8.69. The molecule has 3 N–H and O–H groups in total. The van der Waals surface area contributed by atoms with Gasteiger partial charge >= 0.3 is 5.69 Å². The first-order chi connectivity index (χ1) is 12.9. The van der Waals surface area contributed by atoms with E-state index in [1.54, 1.807) is 6.07 Å². The van der Waals surface area contributed by atoms with Gasteiger partial charge in [-0.05, 0) is 30.3 Å². The van der Waals surface area contributed by atoms with Crippen LogP contribution in [0.3, 0.4) is 0 Å². The summed E-state index contributed by atoms with van der Waals surface area (Å²) in [4.78, 5) is 49.2. The van der Waals surface area contributed by atoms with Crippen molar-refractivity contribution in [1.29, 1.82) is 0 Å². The molecule has 0 saturated carbocycles. The van der Waals surface area contributed by atoms with Crippen LogP contribution in [0.4, 0.5) is 11.4 Å². The van der Waals surface area contributed by atoms with E-state index in [2.05, 4.69) is 15.6 Å². The van der Waals surface area contributed by atoms with Gasteiger partial charge in [0.05, 0.1) is 17.6 Å². The largest absolute Gasteiger partial charge is 0.459 e. The highest BCUT2D eigenvalue weighted by molar-refractivity contribution is 6.31. The van der Waals surface area contributed by atoms with Gasteiger partial charge in [-0.1, -0.05) is 11.6 Å². The number of hydrogen-bond donors (Lipinski definition) is 3. The maximum Gasteiger partial charge on any atom is 0.328 e. The average Bonchev–Trinajstić information content (AvgIpc) is 3.14. The van der Waals surface area contributed by atoms with Gasteiger partial charge in [-0.15, -0.1) is 0 Å². The molecule has 138 valence electrons. The van der Waals surface area contributed by atoms with Gasteiger partial charge in [-0.3, -0.25) is 23.9 Å². The van der Waals surface area contributed by atoms with Crippen LogP contribution in [0, 0.1) is 0 Å². The Morgan fingerprint density at radius 1 is 1.11 bits per heavy atom. The Hall–Kier alpha value is -3.59. The Morgan fingerprint density at radius 3 is 2.63 bits per heavy atom. The Bertz CT molecular complexity index is 1100. The lowest BCUT2D eigenvalue weighted by atomic mass is 10.2. The van der Waals surface area contributed by atoms with Crippen LogP contribution in [0.15, 0.2) is 62.9 Å². The minimum absolute atomic E-state index is 0.0899. The lowest BCUT2D eigenvalue weighted by Crippen LogP contribution is -2.32. The monoisotopic (exact) mass is 388 g/mol. The van der Waals surface area contributed by atoms with E-state index in [9.17, 15) is 19.2 Å². The van der Waals surface area contributed by atoms with E-state index in [-0.39, 0.29) is 23.7 Å². The number of H-pyrrole nitrogens is 1. The fourth-order valence-corrected chi connectivity index (χ4v) is 2.41. The molecule has 3 aromatic rings. The smallest absolute Gasteiger partial charge is 0.328 e. The summed E-state index contributed by atoms with van der Waals surface area (Å²) in [5, 5.41) is 5.52. The third kappa shape index (κ3) is 4.53. The van der Waals surface area contributed by atoms with Gasteiger partial charge in [-0.2, -0.15) is 0 Å². The van der Waals surface area contributed by atoms with Crippen molar-refractivity contribution in [1.82, 2.24) is 9.55 Å². The summed E-state index contributed by atoms with van der Waals surface area (Å²) >= 11 is 5.96. The van der Waals surface area contributed by atoms with Gasteiger partial charge in [0.15, 0.2) is 5.76 Å². The van der Waals surface area contributed by atoms with E-state index < -0.39 is 23.1 Å². The van der Waals surface area contributed by atoms with Crippen LogP contribution < -0.4 is 21.9 Å². The van der Waals surface area contributed by atoms with Crippen LogP contribution >= 0.6 is 11.6 Å². The van der Waals surface area contributed by atoms with Crippen molar-refractivity contribution in [2.75, 3.05) is 10.6 Å². The minimum atomic E-state index is -0.708. The standard InChI is InChI=1S/C17H13ClN4O5/c18-10-3-4-11(12(8-10)20-16(25)13-2-1-7-27-13)19-15(24)9-22-6-5-14(23)21-17(22)26/h1-8H,9H2,(H,19,24)(H,20,25)(H,21,23,26). The number of aromatic nitrogens is 2. The van der Waals surface area contributed by atoms with Crippen molar-refractivity contribution in [3.63, 3.8) is 0 Å². The van der Waals surface area contributed by atoms with Gasteiger partial charge in [0.25, 0.3) is 11.5 Å². The van der Waals surface area contributed by atoms with Crippen molar-refractivity contribution in [2.45, 2.75) is 6.54 Å². The van der Waals surface area contributed by atoms with Crippen LogP contribution in [0.5, 0.6) is 0 Å². The first-order valence-corrected chi connectivity index (χ1v) is 8.04. The summed E-state index contributed by atoms with van der Waals surface area (Å²) in [5.74, 6) is -0.971. The number of halogens is 1. The molecule has 0 saturated heterocycles. The molecule has 27 heavy (non-hydrogen) atoms. The number of carbonyl (C=O) groups excluding carboxylic acids is 2. The number of nitrogens with one attached hydrogen (secondary N) is 3. The predicted molar refractivity (Wildman–Crippen MR) is 98.1 cm³/mol. The fourth-order valence-electron chi connectivity index (χ4n) is 2.23. The number of amides is 2. The Morgan fingerprint density at radius 2 is 1.93 bits per heavy atom. The van der Waals surface area contributed by atoms with E-state index in [1.165, 1.54) is 36.7 Å². The number of aromatic amines is 1. The quantitative estimate of drug-likeness (QED) is 0.613. The maximum atomic E-state index is 12.2. The third-order valence-corrected chi connectivity index (χ3v) is 3.69. The highest BCUT2D eigenvalue weighted by atomic mass is 35.5. The van der Waals surface area contributed by atoms with Crippen molar-refractivity contribution >= 4 is 34.8 Å². The molecule has 2 heterocycles. The Kier molecular flexibility index (Phi) is 5.23. The van der Waals surface area contributed by atoms with Crippen LogP contribution in [-0.4, -0.2) is 21.4 Å². The minimum Gasteiger partial charge on any atom is -0.459 e. The second kappa shape index (κ2) is 7.75. The van der Waals surface area contributed by atoms with Crippen molar-refractivity contribution in [2.24, 2.45) is 0 Å². The molecule has 0 bridgehead atoms. The number of rotatable bonds is 5. The zero-order valence-corrected chi connectivity index (χ0v) is 14.4. The predicted octanol–water partition coefficient (Wildman–Crippen LogP) is 1.67. The van der Waals surface area contributed by atoms with Crippen LogP contribution in [0.25, 0.3) is 0 Å². The number of benzene rings is 1. The molecule has 0 unspecified atom stereocenters. The highest BCUT2D eigenvalue weighted by Crippen LogP contribution is 2.26. The van der Waals surface area contributed by atoms with Crippen molar-refractivity contribution in [3.05, 3.63) is 80.5 Å². The topological polar surface area (TPSA) is 126 Å². The third-order valence-electron chi connectivity index (χ3n) is 3.46.